The lowest BCUT2D eigenvalue weighted by molar-refractivity contribution is 0.188. The zero-order valence-electron chi connectivity index (χ0n) is 58.6. The summed E-state index contributed by atoms with van der Waals surface area (Å²) in [4.78, 5) is 11.3. The van der Waals surface area contributed by atoms with Crippen molar-refractivity contribution in [1.29, 1.82) is 0 Å². The summed E-state index contributed by atoms with van der Waals surface area (Å²) in [6.07, 6.45) is 7.38. The largest absolute Gasteiger partial charge is 0.507 e. The minimum absolute atomic E-state index is 0.0733. The first kappa shape index (κ1) is 65.4. The van der Waals surface area contributed by atoms with Crippen LogP contribution in [0.5, 0.6) is 11.5 Å². The third-order valence-corrected chi connectivity index (χ3v) is 34.2. The van der Waals surface area contributed by atoms with Crippen LogP contribution in [0.25, 0.3) is 87.6 Å². The van der Waals surface area contributed by atoms with Crippen LogP contribution in [-0.2, 0) is 0 Å². The Morgan fingerprint density at radius 1 is 0.310 bits per heavy atom. The van der Waals surface area contributed by atoms with Crippen LogP contribution in [0, 0.1) is 0 Å². The van der Waals surface area contributed by atoms with Gasteiger partial charge in [-0.25, -0.2) is 0 Å². The molecule has 4 nitrogen and oxygen atoms in total. The molecule has 14 aromatic rings. The Labute approximate surface area is 591 Å². The number of phenols is 2. The second-order valence-electron chi connectivity index (χ2n) is 30.1. The van der Waals surface area contributed by atoms with Crippen molar-refractivity contribution in [3.8, 4) is 56.0 Å². The molecule has 0 saturated heterocycles. The van der Waals surface area contributed by atoms with Crippen molar-refractivity contribution in [3.63, 3.8) is 0 Å². The highest BCUT2D eigenvalue weighted by atomic mass is 28.3. The van der Waals surface area contributed by atoms with E-state index in [1.54, 1.807) is 0 Å². The summed E-state index contributed by atoms with van der Waals surface area (Å²) >= 11 is 0. The number of fused-ring (bicyclic) bond motifs is 4. The number of nitrogens with zero attached hydrogens (tertiary/aromatic N) is 2. The Bertz CT molecular complexity index is 5010. The summed E-state index contributed by atoms with van der Waals surface area (Å²) in [5.74, 6) is 0.371. The van der Waals surface area contributed by atoms with Crippen LogP contribution in [0.1, 0.15) is 92.2 Å². The second-order valence-corrected chi connectivity index (χ2v) is 39.6. The highest BCUT2D eigenvalue weighted by Gasteiger charge is 2.51. The van der Waals surface area contributed by atoms with Gasteiger partial charge in [-0.2, -0.15) is 0 Å². The molecular weight excluding hydrogens is 1250 g/mol. The zero-order chi connectivity index (χ0) is 69.0. The molecule has 1 fully saturated rings. The molecule has 0 spiro atoms. The molecule has 0 heterocycles. The van der Waals surface area contributed by atoms with Crippen molar-refractivity contribution in [2.45, 2.75) is 102 Å². The molecule has 2 atom stereocenters. The molecule has 2 N–H and O–H groups in total. The molecule has 100 heavy (non-hydrogen) atoms. The number of aromatic hydroxyl groups is 2. The molecule has 15 rings (SSSR count). The molecule has 14 aromatic carbocycles. The Kier molecular flexibility index (Phi) is 17.0. The van der Waals surface area contributed by atoms with E-state index in [0.717, 1.165) is 113 Å². The van der Waals surface area contributed by atoms with Gasteiger partial charge in [0, 0.05) is 45.8 Å². The molecule has 1 aliphatic carbocycles. The van der Waals surface area contributed by atoms with Crippen molar-refractivity contribution in [2.75, 3.05) is 0 Å². The highest BCUT2D eigenvalue weighted by Crippen LogP contribution is 2.51. The van der Waals surface area contributed by atoms with Gasteiger partial charge in [-0.1, -0.05) is 346 Å². The molecule has 0 aromatic heterocycles. The first-order valence-electron chi connectivity index (χ1n) is 35.5. The summed E-state index contributed by atoms with van der Waals surface area (Å²) < 4.78 is 0. The number of hydrogen-bond donors (Lipinski definition) is 2. The fraction of sp³-hybridized carbons (Fsp3) is 0.170. The van der Waals surface area contributed by atoms with Gasteiger partial charge < -0.3 is 10.2 Å². The summed E-state index contributed by atoms with van der Waals surface area (Å²) in [6, 6.07) is 111. The van der Waals surface area contributed by atoms with E-state index in [1.165, 1.54) is 31.1 Å². The average Bonchev–Trinajstić information content (AvgIpc) is 0.734. The lowest BCUT2D eigenvalue weighted by atomic mass is 9.69. The monoisotopic (exact) mass is 1330 g/mol. The minimum Gasteiger partial charge on any atom is -0.507 e. The Balaban J connectivity index is 0.823. The van der Waals surface area contributed by atoms with E-state index in [4.69, 9.17) is 9.98 Å². The number of benzene rings is 14. The summed E-state index contributed by atoms with van der Waals surface area (Å²) in [5.41, 5.74) is 7.68. The van der Waals surface area contributed by atoms with Gasteiger partial charge in [0.2, 0.25) is 0 Å². The third kappa shape index (κ3) is 11.0. The predicted molar refractivity (Wildman–Crippen MR) is 433 cm³/mol. The molecule has 0 amide bonds. The molecule has 0 aliphatic heterocycles. The maximum atomic E-state index is 13.3. The van der Waals surface area contributed by atoms with Gasteiger partial charge in [0.25, 0.3) is 0 Å². The molecule has 0 radical (unpaired) electrons. The van der Waals surface area contributed by atoms with E-state index in [2.05, 4.69) is 359 Å². The van der Waals surface area contributed by atoms with E-state index >= 15 is 0 Å². The van der Waals surface area contributed by atoms with Crippen molar-refractivity contribution >= 4 is 103 Å². The Morgan fingerprint density at radius 3 is 0.890 bits per heavy atom. The first-order chi connectivity index (χ1) is 48.4. The summed E-state index contributed by atoms with van der Waals surface area (Å²) in [7, 11) is -5.27. The minimum atomic E-state index is -2.63. The smallest absolute Gasteiger partial charge is 0.153 e. The molecule has 0 unspecified atom stereocenters. The van der Waals surface area contributed by atoms with Gasteiger partial charge in [0.1, 0.15) is 11.5 Å². The second kappa shape index (κ2) is 26.0. The van der Waals surface area contributed by atoms with Crippen LogP contribution in [0.2, 0.25) is 10.1 Å². The van der Waals surface area contributed by atoms with Gasteiger partial charge in [-0.15, -0.1) is 0 Å². The number of rotatable bonds is 14. The van der Waals surface area contributed by atoms with Crippen LogP contribution < -0.4 is 31.1 Å². The standard InChI is InChI=1S/C94H86N2O2Si2/c1-91(2,3)99(73-35-13-9-14-36-73,74-37-15-10-16-38-74)77-53-47-67(48-54-77)83-57-51-65-31-21-25-43-79(65)85(83)87-81-45-27-23-33-69(81)61-71(89(87)97)63-95-93(7)59-29-30-60-94(93,8)96-64-72-62-70-34-24-28-46-82(70)88(90(72)98)86-80-44-26-22-32-66(80)52-58-84(86)68-49-55-78(56-50-68)100(92(4,5)6,75-39-17-11-18-40-75)76-41-19-12-20-42-76/h9-28,31-58,61-64,97-98H,29-30,59-60H2,1-8H3/t93-,94-/m0/s1. The Morgan fingerprint density at radius 2 is 0.580 bits per heavy atom. The van der Waals surface area contributed by atoms with Crippen molar-refractivity contribution in [2.24, 2.45) is 9.98 Å². The third-order valence-electron chi connectivity index (χ3n) is 22.5. The van der Waals surface area contributed by atoms with Gasteiger partial charge in [0.05, 0.1) is 11.1 Å². The lowest BCUT2D eigenvalue weighted by Gasteiger charge is -2.44. The molecular formula is C94H86N2O2Si2. The normalized spacial score (nSPS) is 16.3. The van der Waals surface area contributed by atoms with E-state index in [9.17, 15) is 10.2 Å². The van der Waals surface area contributed by atoms with E-state index in [-0.39, 0.29) is 21.6 Å². The van der Waals surface area contributed by atoms with E-state index < -0.39 is 27.2 Å². The van der Waals surface area contributed by atoms with Gasteiger partial charge in [-0.05, 0) is 145 Å². The van der Waals surface area contributed by atoms with E-state index in [0.29, 0.717) is 11.1 Å². The van der Waals surface area contributed by atoms with Crippen LogP contribution in [0.3, 0.4) is 0 Å². The average molecular weight is 1330 g/mol. The lowest BCUT2D eigenvalue weighted by Crippen LogP contribution is -2.72. The topological polar surface area (TPSA) is 65.2 Å². The number of phenolic OH excluding ortho intramolecular Hbond substituents is 2. The fourth-order valence-corrected chi connectivity index (χ4v) is 28.7. The van der Waals surface area contributed by atoms with Crippen LogP contribution >= 0.6 is 0 Å². The van der Waals surface area contributed by atoms with Crippen LogP contribution in [0.4, 0.5) is 0 Å². The van der Waals surface area contributed by atoms with Gasteiger partial charge in [-0.3, -0.25) is 9.98 Å². The van der Waals surface area contributed by atoms with Gasteiger partial charge >= 0.3 is 0 Å². The van der Waals surface area contributed by atoms with Crippen LogP contribution in [0.15, 0.2) is 313 Å². The van der Waals surface area contributed by atoms with Crippen molar-refractivity contribution in [1.82, 2.24) is 0 Å². The van der Waals surface area contributed by atoms with E-state index in [1.807, 2.05) is 12.4 Å². The molecule has 1 saturated carbocycles. The maximum absolute atomic E-state index is 13.3. The first-order valence-corrected chi connectivity index (χ1v) is 39.5. The zero-order valence-corrected chi connectivity index (χ0v) is 60.6. The molecule has 492 valence electrons. The Hall–Kier alpha value is -10.5. The summed E-state index contributed by atoms with van der Waals surface area (Å²) in [6.45, 7) is 18.9. The SMILES string of the molecule is CC(C)(C)[Si](c1ccccc1)(c1ccccc1)c1ccc(-c2ccc3ccccc3c2-c2c(O)c(C=N[C@@]3(C)CCCC[C@]3(C)N=Cc3cc4ccccc4c(-c4c(-c5ccc([Si](c6ccccc6)(c6ccccc6)C(C)(C)C)cc5)ccc5ccccc45)c3O)cc3ccccc23)cc1. The maximum Gasteiger partial charge on any atom is 0.153 e. The predicted octanol–water partition coefficient (Wildman–Crippen LogP) is 20.5. The van der Waals surface area contributed by atoms with Crippen molar-refractivity contribution < 1.29 is 10.2 Å². The summed E-state index contributed by atoms with van der Waals surface area (Å²) in [5, 5.41) is 42.9. The van der Waals surface area contributed by atoms with Crippen molar-refractivity contribution in [3.05, 3.63) is 314 Å². The molecule has 0 bridgehead atoms. The van der Waals surface area contributed by atoms with Gasteiger partial charge in [0.15, 0.2) is 16.1 Å². The molecule has 6 heteroatoms. The highest BCUT2D eigenvalue weighted by molar-refractivity contribution is 7.14. The number of hydrogen-bond acceptors (Lipinski definition) is 4. The quantitative estimate of drug-likeness (QED) is 0.0647. The number of aliphatic imine (C=N–C) groups is 2. The fourth-order valence-electron chi connectivity index (χ4n) is 17.4. The van der Waals surface area contributed by atoms with Crippen LogP contribution in [-0.4, -0.2) is 49.9 Å². The molecule has 1 aliphatic rings.